The van der Waals surface area contributed by atoms with Crippen LogP contribution in [-0.4, -0.2) is 44.7 Å². The van der Waals surface area contributed by atoms with Gasteiger partial charge in [-0.3, -0.25) is 4.90 Å². The van der Waals surface area contributed by atoms with Crippen molar-refractivity contribution < 1.29 is 0 Å². The lowest BCUT2D eigenvalue weighted by Gasteiger charge is -2.40. The Morgan fingerprint density at radius 1 is 1.40 bits per heavy atom. The molecule has 0 spiro atoms. The van der Waals surface area contributed by atoms with E-state index in [0.717, 1.165) is 24.7 Å². The van der Waals surface area contributed by atoms with Crippen molar-refractivity contribution in [3.63, 3.8) is 0 Å². The summed E-state index contributed by atoms with van der Waals surface area (Å²) in [5.74, 6) is 0. The summed E-state index contributed by atoms with van der Waals surface area (Å²) in [4.78, 5) is 4.87. The van der Waals surface area contributed by atoms with Gasteiger partial charge in [0.2, 0.25) is 0 Å². The highest BCUT2D eigenvalue weighted by Gasteiger charge is 2.24. The Labute approximate surface area is 127 Å². The van der Waals surface area contributed by atoms with Gasteiger partial charge in [-0.25, -0.2) is 0 Å². The number of benzene rings is 1. The summed E-state index contributed by atoms with van der Waals surface area (Å²) >= 11 is 6.51. The van der Waals surface area contributed by atoms with E-state index in [9.17, 15) is 0 Å². The van der Waals surface area contributed by atoms with E-state index in [2.05, 4.69) is 54.2 Å². The zero-order chi connectivity index (χ0) is 14.7. The number of nitrogens with zero attached hydrogens (tertiary/aromatic N) is 2. The van der Waals surface area contributed by atoms with Crippen LogP contribution in [0.1, 0.15) is 31.9 Å². The van der Waals surface area contributed by atoms with Crippen molar-refractivity contribution in [3.05, 3.63) is 28.8 Å². The fraction of sp³-hybridized carbons (Fsp3) is 0.625. The van der Waals surface area contributed by atoms with Crippen LogP contribution in [0.5, 0.6) is 0 Å². The van der Waals surface area contributed by atoms with Crippen molar-refractivity contribution in [2.24, 2.45) is 0 Å². The van der Waals surface area contributed by atoms with E-state index in [-0.39, 0.29) is 0 Å². The molecule has 1 N–H and O–H groups in total. The monoisotopic (exact) mass is 295 g/mol. The molecule has 1 aliphatic rings. The van der Waals surface area contributed by atoms with Crippen LogP contribution in [0, 0.1) is 0 Å². The van der Waals surface area contributed by atoms with Gasteiger partial charge in [-0.05, 0) is 45.1 Å². The Morgan fingerprint density at radius 2 is 2.15 bits per heavy atom. The smallest absolute Gasteiger partial charge is 0.0642 e. The predicted molar refractivity (Wildman–Crippen MR) is 87.8 cm³/mol. The fourth-order valence-corrected chi connectivity index (χ4v) is 3.13. The largest absolute Gasteiger partial charge is 0.367 e. The molecule has 20 heavy (non-hydrogen) atoms. The minimum atomic E-state index is 0.331. The number of piperazine rings is 1. The van der Waals surface area contributed by atoms with Gasteiger partial charge in [-0.1, -0.05) is 24.6 Å². The molecule has 0 radical (unpaired) electrons. The van der Waals surface area contributed by atoms with Gasteiger partial charge in [-0.15, -0.1) is 0 Å². The summed E-state index contributed by atoms with van der Waals surface area (Å²) in [5, 5.41) is 4.12. The quantitative estimate of drug-likeness (QED) is 0.920. The number of nitrogens with one attached hydrogen (secondary N) is 1. The molecule has 1 saturated heterocycles. The molecule has 1 fully saturated rings. The van der Waals surface area contributed by atoms with Crippen molar-refractivity contribution in [3.8, 4) is 0 Å². The van der Waals surface area contributed by atoms with Gasteiger partial charge in [0.15, 0.2) is 0 Å². The minimum Gasteiger partial charge on any atom is -0.367 e. The van der Waals surface area contributed by atoms with Crippen LogP contribution in [0.15, 0.2) is 18.2 Å². The van der Waals surface area contributed by atoms with Crippen LogP contribution in [-0.2, 0) is 0 Å². The molecule has 0 bridgehead atoms. The van der Waals surface area contributed by atoms with Gasteiger partial charge in [0.05, 0.1) is 10.7 Å². The molecule has 4 heteroatoms. The Hall–Kier alpha value is -0.770. The van der Waals surface area contributed by atoms with E-state index in [1.165, 1.54) is 17.7 Å². The maximum absolute atomic E-state index is 6.51. The zero-order valence-corrected chi connectivity index (χ0v) is 13.7. The van der Waals surface area contributed by atoms with Crippen molar-refractivity contribution in [1.82, 2.24) is 10.2 Å². The lowest BCUT2D eigenvalue weighted by atomic mass is 10.1. The topological polar surface area (TPSA) is 18.5 Å². The molecule has 0 aliphatic carbocycles. The third-order valence-electron chi connectivity index (χ3n) is 4.49. The van der Waals surface area contributed by atoms with E-state index < -0.39 is 0 Å². The van der Waals surface area contributed by atoms with E-state index in [1.807, 2.05) is 7.05 Å². The summed E-state index contributed by atoms with van der Waals surface area (Å²) in [6, 6.07) is 7.40. The molecular weight excluding hydrogens is 270 g/mol. The molecule has 3 nitrogen and oxygen atoms in total. The summed E-state index contributed by atoms with van der Waals surface area (Å²) in [5.41, 5.74) is 2.41. The molecule has 2 atom stereocenters. The second kappa shape index (κ2) is 6.79. The van der Waals surface area contributed by atoms with E-state index >= 15 is 0 Å². The number of rotatable bonds is 4. The van der Waals surface area contributed by atoms with Gasteiger partial charge in [0.1, 0.15) is 0 Å². The first-order chi connectivity index (χ1) is 9.56. The van der Waals surface area contributed by atoms with Gasteiger partial charge >= 0.3 is 0 Å². The first-order valence-electron chi connectivity index (χ1n) is 7.48. The van der Waals surface area contributed by atoms with E-state index in [4.69, 9.17) is 11.6 Å². The minimum absolute atomic E-state index is 0.331. The van der Waals surface area contributed by atoms with Gasteiger partial charge in [0, 0.05) is 31.7 Å². The van der Waals surface area contributed by atoms with Crippen LogP contribution in [0.4, 0.5) is 5.69 Å². The molecular formula is C16H26ClN3. The summed E-state index contributed by atoms with van der Waals surface area (Å²) in [6.45, 7) is 7.61. The highest BCUT2D eigenvalue weighted by molar-refractivity contribution is 6.33. The lowest BCUT2D eigenvalue weighted by molar-refractivity contribution is 0.213. The van der Waals surface area contributed by atoms with Crippen LogP contribution >= 0.6 is 11.6 Å². The van der Waals surface area contributed by atoms with Crippen LogP contribution < -0.4 is 10.2 Å². The highest BCUT2D eigenvalue weighted by Crippen LogP contribution is 2.30. The fourth-order valence-electron chi connectivity index (χ4n) is 2.82. The van der Waals surface area contributed by atoms with Crippen molar-refractivity contribution in [2.45, 2.75) is 32.4 Å². The molecule has 1 heterocycles. The van der Waals surface area contributed by atoms with Crippen LogP contribution in [0.2, 0.25) is 5.02 Å². The third-order valence-corrected chi connectivity index (χ3v) is 4.80. The first-order valence-corrected chi connectivity index (χ1v) is 7.86. The number of hydrogen-bond acceptors (Lipinski definition) is 3. The molecule has 112 valence electrons. The van der Waals surface area contributed by atoms with Crippen LogP contribution in [0.3, 0.4) is 0 Å². The molecule has 0 saturated carbocycles. The molecule has 1 aromatic carbocycles. The second-order valence-electron chi connectivity index (χ2n) is 5.71. The number of halogens is 1. The number of likely N-dealkylation sites (N-methyl/N-ethyl adjacent to an activating group) is 1. The predicted octanol–water partition coefficient (Wildman–Crippen LogP) is 3.15. The Morgan fingerprint density at radius 3 is 2.75 bits per heavy atom. The summed E-state index contributed by atoms with van der Waals surface area (Å²) in [6.07, 6.45) is 1.18. The molecule has 1 aliphatic heterocycles. The third kappa shape index (κ3) is 3.27. The average Bonchev–Trinajstić information content (AvgIpc) is 2.47. The standard InChI is InChI=1S/C16H26ClN3/c1-5-14-11-20(9-8-19(14)4)16-7-6-13(10-15(16)17)12(2)18-3/h6-7,10,12,14,18H,5,8-9,11H2,1-4H3. The maximum Gasteiger partial charge on any atom is 0.0642 e. The SMILES string of the molecule is CCC1CN(c2ccc(C(C)NC)cc2Cl)CCN1C. The van der Waals surface area contributed by atoms with Crippen LogP contribution in [0.25, 0.3) is 0 Å². The van der Waals surface area contributed by atoms with E-state index in [1.54, 1.807) is 0 Å². The van der Waals surface area contributed by atoms with Gasteiger partial charge in [0.25, 0.3) is 0 Å². The molecule has 0 amide bonds. The Bertz CT molecular complexity index is 449. The van der Waals surface area contributed by atoms with Gasteiger partial charge < -0.3 is 10.2 Å². The van der Waals surface area contributed by atoms with Crippen molar-refractivity contribution in [2.75, 3.05) is 38.6 Å². The number of hydrogen-bond donors (Lipinski definition) is 1. The first kappa shape index (κ1) is 15.6. The number of anilines is 1. The maximum atomic E-state index is 6.51. The second-order valence-corrected chi connectivity index (χ2v) is 6.12. The Kier molecular flexibility index (Phi) is 5.30. The molecule has 0 aromatic heterocycles. The summed E-state index contributed by atoms with van der Waals surface area (Å²) in [7, 11) is 4.18. The summed E-state index contributed by atoms with van der Waals surface area (Å²) < 4.78 is 0. The molecule has 1 aromatic rings. The normalized spacial score (nSPS) is 22.1. The van der Waals surface area contributed by atoms with E-state index in [0.29, 0.717) is 12.1 Å². The average molecular weight is 296 g/mol. The Balaban J connectivity index is 2.17. The van der Waals surface area contributed by atoms with Crippen molar-refractivity contribution >= 4 is 17.3 Å². The van der Waals surface area contributed by atoms with Gasteiger partial charge in [-0.2, -0.15) is 0 Å². The van der Waals surface area contributed by atoms with Crippen molar-refractivity contribution in [1.29, 1.82) is 0 Å². The highest BCUT2D eigenvalue weighted by atomic mass is 35.5. The molecule has 2 unspecified atom stereocenters. The molecule has 2 rings (SSSR count). The zero-order valence-electron chi connectivity index (χ0n) is 13.0. The lowest BCUT2D eigenvalue weighted by Crippen LogP contribution is -2.51.